The Morgan fingerprint density at radius 1 is 0.875 bits per heavy atom. The Balaban J connectivity index is 1.28. The molecule has 6 rings (SSSR count). The first kappa shape index (κ1) is 19.0. The van der Waals surface area contributed by atoms with E-state index >= 15 is 0 Å². The number of rotatable bonds is 5. The Kier molecular flexibility index (Phi) is 4.63. The molecule has 0 spiro atoms. The molecule has 0 bridgehead atoms. The summed E-state index contributed by atoms with van der Waals surface area (Å²) in [4.78, 5) is 9.24. The summed E-state index contributed by atoms with van der Waals surface area (Å²) in [6, 6.07) is 16.3. The number of benzene rings is 2. The number of anilines is 2. The van der Waals surface area contributed by atoms with Crippen LogP contribution < -0.4 is 14.5 Å². The van der Waals surface area contributed by atoms with Crippen LogP contribution in [0.25, 0.3) is 22.4 Å². The first-order valence-electron chi connectivity index (χ1n) is 11.0. The number of ether oxygens (including phenoxy) is 1. The summed E-state index contributed by atoms with van der Waals surface area (Å²) in [5, 5.41) is 15.3. The molecule has 2 aliphatic rings. The van der Waals surface area contributed by atoms with E-state index in [-0.39, 0.29) is 0 Å². The zero-order chi connectivity index (χ0) is 21.5. The summed E-state index contributed by atoms with van der Waals surface area (Å²) in [6.07, 6.45) is 2.26. The number of methoxy groups -OCH3 is 1. The van der Waals surface area contributed by atoms with Crippen LogP contribution in [0.5, 0.6) is 5.75 Å². The third-order valence-electron chi connectivity index (χ3n) is 6.26. The minimum Gasteiger partial charge on any atom is -0.495 e. The third-order valence-corrected chi connectivity index (χ3v) is 6.26. The van der Waals surface area contributed by atoms with Crippen molar-refractivity contribution >= 4 is 22.3 Å². The number of para-hydroxylation sites is 2. The lowest BCUT2D eigenvalue weighted by Gasteiger charge is -2.37. The van der Waals surface area contributed by atoms with Gasteiger partial charge >= 0.3 is 0 Å². The molecule has 1 aliphatic heterocycles. The van der Waals surface area contributed by atoms with E-state index in [1.807, 2.05) is 30.3 Å². The van der Waals surface area contributed by atoms with Gasteiger partial charge in [-0.15, -0.1) is 10.2 Å². The average Bonchev–Trinajstić information content (AvgIpc) is 3.60. The lowest BCUT2D eigenvalue weighted by atomic mass is 10.1. The minimum absolute atomic E-state index is 0.436. The first-order valence-corrected chi connectivity index (χ1v) is 11.0. The second-order valence-corrected chi connectivity index (χ2v) is 8.30. The van der Waals surface area contributed by atoms with Gasteiger partial charge in [-0.2, -0.15) is 4.98 Å². The molecule has 0 unspecified atom stereocenters. The van der Waals surface area contributed by atoms with Crippen LogP contribution in [0, 0.1) is 0 Å². The zero-order valence-electron chi connectivity index (χ0n) is 17.9. The van der Waals surface area contributed by atoms with Crippen molar-refractivity contribution in [2.24, 2.45) is 0 Å². The van der Waals surface area contributed by atoms with E-state index in [2.05, 4.69) is 48.3 Å². The van der Waals surface area contributed by atoms with Crippen molar-refractivity contribution in [3.8, 4) is 17.3 Å². The molecule has 0 amide bonds. The van der Waals surface area contributed by atoms with Gasteiger partial charge in [0.1, 0.15) is 5.75 Å². The molecule has 162 valence electrons. The van der Waals surface area contributed by atoms with Gasteiger partial charge in [0.15, 0.2) is 17.3 Å². The fourth-order valence-electron chi connectivity index (χ4n) is 4.37. The van der Waals surface area contributed by atoms with Gasteiger partial charge < -0.3 is 19.1 Å². The van der Waals surface area contributed by atoms with E-state index in [0.29, 0.717) is 17.5 Å². The lowest BCUT2D eigenvalue weighted by molar-refractivity contribution is 0.413. The minimum atomic E-state index is 0.436. The van der Waals surface area contributed by atoms with E-state index in [1.54, 1.807) is 7.11 Å². The van der Waals surface area contributed by atoms with Crippen molar-refractivity contribution in [1.29, 1.82) is 0 Å². The summed E-state index contributed by atoms with van der Waals surface area (Å²) in [6.45, 7) is 3.46. The fraction of sp³-hybridized carbons (Fsp3) is 0.333. The second-order valence-electron chi connectivity index (χ2n) is 8.30. The molecule has 2 fully saturated rings. The van der Waals surface area contributed by atoms with Crippen LogP contribution in [-0.2, 0) is 0 Å². The largest absolute Gasteiger partial charge is 0.495 e. The SMILES string of the molecule is COc1ccccc1N1CCN(c2nnc(-c3nc(C4CC4)no3)c3ccccc23)CC1. The van der Waals surface area contributed by atoms with Crippen molar-refractivity contribution in [2.45, 2.75) is 18.8 Å². The van der Waals surface area contributed by atoms with Crippen molar-refractivity contribution in [3.05, 3.63) is 54.4 Å². The number of aromatic nitrogens is 4. The van der Waals surface area contributed by atoms with Gasteiger partial charge in [-0.05, 0) is 25.0 Å². The Morgan fingerprint density at radius 3 is 2.38 bits per heavy atom. The normalized spacial score (nSPS) is 16.5. The summed E-state index contributed by atoms with van der Waals surface area (Å²) in [7, 11) is 1.72. The van der Waals surface area contributed by atoms with Crippen LogP contribution in [-0.4, -0.2) is 53.6 Å². The Hall–Kier alpha value is -3.68. The van der Waals surface area contributed by atoms with Crippen LogP contribution in [0.2, 0.25) is 0 Å². The number of hydrogen-bond donors (Lipinski definition) is 0. The molecule has 0 atom stereocenters. The fourth-order valence-corrected chi connectivity index (χ4v) is 4.37. The number of hydrogen-bond acceptors (Lipinski definition) is 8. The van der Waals surface area contributed by atoms with Crippen LogP contribution in [0.15, 0.2) is 53.1 Å². The molecule has 1 saturated heterocycles. The van der Waals surface area contributed by atoms with Gasteiger partial charge in [0.25, 0.3) is 5.89 Å². The first-order chi connectivity index (χ1) is 15.8. The second kappa shape index (κ2) is 7.78. The van der Waals surface area contributed by atoms with Gasteiger partial charge in [0.2, 0.25) is 0 Å². The maximum Gasteiger partial charge on any atom is 0.279 e. The molecule has 1 aliphatic carbocycles. The van der Waals surface area contributed by atoms with Crippen LogP contribution in [0.1, 0.15) is 24.6 Å². The smallest absolute Gasteiger partial charge is 0.279 e. The summed E-state index contributed by atoms with van der Waals surface area (Å²) in [5.41, 5.74) is 1.78. The van der Waals surface area contributed by atoms with Crippen molar-refractivity contribution in [1.82, 2.24) is 20.3 Å². The van der Waals surface area contributed by atoms with Crippen LogP contribution in [0.4, 0.5) is 11.5 Å². The van der Waals surface area contributed by atoms with E-state index in [1.165, 1.54) is 0 Å². The Morgan fingerprint density at radius 2 is 1.59 bits per heavy atom. The third kappa shape index (κ3) is 3.32. The average molecular weight is 428 g/mol. The summed E-state index contributed by atoms with van der Waals surface area (Å²) >= 11 is 0. The molecule has 0 N–H and O–H groups in total. The summed E-state index contributed by atoms with van der Waals surface area (Å²) < 4.78 is 11.1. The number of fused-ring (bicyclic) bond motifs is 1. The number of nitrogens with zero attached hydrogens (tertiary/aromatic N) is 6. The molecule has 2 aromatic heterocycles. The summed E-state index contributed by atoms with van der Waals surface area (Å²) in [5.74, 6) is 3.46. The topological polar surface area (TPSA) is 80.4 Å². The Bertz CT molecular complexity index is 1260. The monoisotopic (exact) mass is 428 g/mol. The molecule has 0 radical (unpaired) electrons. The maximum absolute atomic E-state index is 5.55. The number of piperazine rings is 1. The molecule has 1 saturated carbocycles. The van der Waals surface area contributed by atoms with Crippen molar-refractivity contribution in [2.75, 3.05) is 43.1 Å². The molecule has 32 heavy (non-hydrogen) atoms. The van der Waals surface area contributed by atoms with Crippen LogP contribution in [0.3, 0.4) is 0 Å². The highest BCUT2D eigenvalue weighted by molar-refractivity contribution is 5.99. The van der Waals surface area contributed by atoms with Gasteiger partial charge in [-0.25, -0.2) is 0 Å². The lowest BCUT2D eigenvalue weighted by Crippen LogP contribution is -2.47. The van der Waals surface area contributed by atoms with Crippen molar-refractivity contribution < 1.29 is 9.26 Å². The standard InChI is InChI=1S/C24H24N6O2/c1-31-20-9-5-4-8-19(20)29-12-14-30(15-13-29)23-18-7-3-2-6-17(18)21(26-27-23)24-25-22(28-32-24)16-10-11-16/h2-9,16H,10-15H2,1H3. The molecule has 3 heterocycles. The van der Waals surface area contributed by atoms with Crippen LogP contribution >= 0.6 is 0 Å². The van der Waals surface area contributed by atoms with Gasteiger partial charge in [-0.1, -0.05) is 41.6 Å². The van der Waals surface area contributed by atoms with E-state index < -0.39 is 0 Å². The molecule has 4 aromatic rings. The molecule has 2 aromatic carbocycles. The highest BCUT2D eigenvalue weighted by atomic mass is 16.5. The van der Waals surface area contributed by atoms with Crippen molar-refractivity contribution in [3.63, 3.8) is 0 Å². The molecular weight excluding hydrogens is 404 g/mol. The van der Waals surface area contributed by atoms with Gasteiger partial charge in [0.05, 0.1) is 12.8 Å². The van der Waals surface area contributed by atoms with E-state index in [0.717, 1.165) is 72.9 Å². The molecular formula is C24H24N6O2. The predicted octanol–water partition coefficient (Wildman–Crippen LogP) is 3.89. The van der Waals surface area contributed by atoms with Gasteiger partial charge in [-0.3, -0.25) is 0 Å². The molecule has 8 nitrogen and oxygen atoms in total. The highest BCUT2D eigenvalue weighted by Crippen LogP contribution is 2.39. The van der Waals surface area contributed by atoms with Gasteiger partial charge in [0, 0.05) is 42.9 Å². The molecule has 8 heteroatoms. The maximum atomic E-state index is 5.55. The zero-order valence-corrected chi connectivity index (χ0v) is 17.9. The highest BCUT2D eigenvalue weighted by Gasteiger charge is 2.30. The Labute approximate surface area is 185 Å². The quantitative estimate of drug-likeness (QED) is 0.474. The van der Waals surface area contributed by atoms with E-state index in [4.69, 9.17) is 9.26 Å². The predicted molar refractivity (Wildman–Crippen MR) is 122 cm³/mol. The van der Waals surface area contributed by atoms with E-state index in [9.17, 15) is 0 Å².